The number of hydrogen-bond acceptors (Lipinski definition) is 4. The van der Waals surface area contributed by atoms with Crippen LogP contribution in [0, 0.1) is 0 Å². The maximum Gasteiger partial charge on any atom is 0.338 e. The van der Waals surface area contributed by atoms with Gasteiger partial charge in [-0.3, -0.25) is 3.97 Å². The summed E-state index contributed by atoms with van der Waals surface area (Å²) >= 11 is 0. The molecule has 1 atom stereocenters. The first-order valence-electron chi connectivity index (χ1n) is 6.91. The molecule has 0 bridgehead atoms. The summed E-state index contributed by atoms with van der Waals surface area (Å²) in [4.78, 5) is 12.6. The van der Waals surface area contributed by atoms with Crippen LogP contribution < -0.4 is 4.74 Å². The van der Waals surface area contributed by atoms with Gasteiger partial charge in [-0.15, -0.1) is 0 Å². The SMILES string of the molecule is COC(=O)c1ccc(OC)c2c1ccn2S(=O)c1ccccc1. The van der Waals surface area contributed by atoms with Crippen molar-refractivity contribution in [1.29, 1.82) is 0 Å². The summed E-state index contributed by atoms with van der Waals surface area (Å²) in [7, 11) is 1.43. The molecule has 1 unspecified atom stereocenters. The highest BCUT2D eigenvalue weighted by Gasteiger charge is 2.19. The molecule has 0 aliphatic rings. The van der Waals surface area contributed by atoms with Crippen molar-refractivity contribution in [3.63, 3.8) is 0 Å². The Labute approximate surface area is 136 Å². The summed E-state index contributed by atoms with van der Waals surface area (Å²) in [5, 5.41) is 0.639. The number of nitrogens with zero attached hydrogens (tertiary/aromatic N) is 1. The third-order valence-corrected chi connectivity index (χ3v) is 4.86. The van der Waals surface area contributed by atoms with Gasteiger partial charge in [-0.05, 0) is 30.3 Å². The van der Waals surface area contributed by atoms with Crippen LogP contribution >= 0.6 is 0 Å². The zero-order chi connectivity index (χ0) is 16.4. The van der Waals surface area contributed by atoms with Crippen LogP contribution in [0.15, 0.2) is 59.6 Å². The van der Waals surface area contributed by atoms with Gasteiger partial charge in [0, 0.05) is 11.6 Å². The maximum atomic E-state index is 12.8. The number of benzene rings is 2. The Morgan fingerprint density at radius 2 is 1.78 bits per heavy atom. The Bertz CT molecular complexity index is 886. The van der Waals surface area contributed by atoms with Crippen LogP contribution in [0.4, 0.5) is 0 Å². The van der Waals surface area contributed by atoms with E-state index in [1.165, 1.54) is 14.2 Å². The molecule has 1 heterocycles. The van der Waals surface area contributed by atoms with E-state index in [-0.39, 0.29) is 0 Å². The maximum absolute atomic E-state index is 12.8. The molecule has 118 valence electrons. The number of esters is 1. The number of hydrogen-bond donors (Lipinski definition) is 0. The summed E-state index contributed by atoms with van der Waals surface area (Å²) in [5.41, 5.74) is 1.00. The fourth-order valence-electron chi connectivity index (χ4n) is 2.44. The van der Waals surface area contributed by atoms with E-state index in [1.54, 1.807) is 40.5 Å². The minimum Gasteiger partial charge on any atom is -0.495 e. The van der Waals surface area contributed by atoms with E-state index in [2.05, 4.69) is 0 Å². The highest BCUT2D eigenvalue weighted by atomic mass is 32.2. The average Bonchev–Trinajstić information content (AvgIpc) is 3.05. The van der Waals surface area contributed by atoms with Crippen molar-refractivity contribution >= 4 is 27.9 Å². The van der Waals surface area contributed by atoms with Crippen LogP contribution in [0.2, 0.25) is 0 Å². The van der Waals surface area contributed by atoms with Gasteiger partial charge in [0.25, 0.3) is 0 Å². The second-order valence-corrected chi connectivity index (χ2v) is 6.14. The number of fused-ring (bicyclic) bond motifs is 1. The summed E-state index contributed by atoms with van der Waals surface area (Å²) in [6.45, 7) is 0. The van der Waals surface area contributed by atoms with Crippen molar-refractivity contribution < 1.29 is 18.5 Å². The van der Waals surface area contributed by atoms with Gasteiger partial charge in [0.2, 0.25) is 0 Å². The number of carbonyl (C=O) groups is 1. The van der Waals surface area contributed by atoms with E-state index in [4.69, 9.17) is 9.47 Å². The summed E-state index contributed by atoms with van der Waals surface area (Å²) in [6, 6.07) is 14.2. The van der Waals surface area contributed by atoms with Crippen molar-refractivity contribution in [1.82, 2.24) is 3.97 Å². The fraction of sp³-hybridized carbons (Fsp3) is 0.118. The van der Waals surface area contributed by atoms with E-state index in [0.29, 0.717) is 27.1 Å². The Morgan fingerprint density at radius 3 is 2.43 bits per heavy atom. The van der Waals surface area contributed by atoms with E-state index < -0.39 is 17.0 Å². The molecule has 6 heteroatoms. The van der Waals surface area contributed by atoms with Gasteiger partial charge in [0.15, 0.2) is 11.0 Å². The fourth-order valence-corrected chi connectivity index (χ4v) is 3.58. The number of ether oxygens (including phenoxy) is 2. The zero-order valence-corrected chi connectivity index (χ0v) is 13.5. The molecular formula is C17H15NO4S. The third kappa shape index (κ3) is 2.61. The molecule has 1 aromatic heterocycles. The van der Waals surface area contributed by atoms with Crippen LogP contribution in [0.25, 0.3) is 10.9 Å². The Balaban J connectivity index is 2.23. The van der Waals surface area contributed by atoms with Gasteiger partial charge in [0.05, 0.1) is 24.7 Å². The van der Waals surface area contributed by atoms with E-state index in [1.807, 2.05) is 18.2 Å². The molecule has 5 nitrogen and oxygen atoms in total. The normalized spacial score (nSPS) is 12.1. The zero-order valence-electron chi connectivity index (χ0n) is 12.7. The molecule has 3 aromatic rings. The first-order chi connectivity index (χ1) is 11.2. The first kappa shape index (κ1) is 15.3. The molecule has 3 rings (SSSR count). The van der Waals surface area contributed by atoms with Crippen LogP contribution in [0.3, 0.4) is 0 Å². The van der Waals surface area contributed by atoms with Crippen molar-refractivity contribution in [2.45, 2.75) is 4.90 Å². The van der Waals surface area contributed by atoms with Crippen LogP contribution in [0.5, 0.6) is 5.75 Å². The van der Waals surface area contributed by atoms with Gasteiger partial charge in [0.1, 0.15) is 11.3 Å². The first-order valence-corrected chi connectivity index (χ1v) is 8.01. The van der Waals surface area contributed by atoms with Gasteiger partial charge in [-0.2, -0.15) is 0 Å². The Kier molecular flexibility index (Phi) is 4.16. The number of carbonyl (C=O) groups excluding carboxylic acids is 1. The molecule has 23 heavy (non-hydrogen) atoms. The molecule has 0 fully saturated rings. The van der Waals surface area contributed by atoms with E-state index >= 15 is 0 Å². The minimum absolute atomic E-state index is 0.409. The second-order valence-electron chi connectivity index (χ2n) is 4.77. The summed E-state index contributed by atoms with van der Waals surface area (Å²) < 4.78 is 24.6. The van der Waals surface area contributed by atoms with Gasteiger partial charge < -0.3 is 9.47 Å². The van der Waals surface area contributed by atoms with Gasteiger partial charge >= 0.3 is 5.97 Å². The van der Waals surface area contributed by atoms with E-state index in [9.17, 15) is 9.00 Å². The average molecular weight is 329 g/mol. The quantitative estimate of drug-likeness (QED) is 0.691. The Hall–Kier alpha value is -2.60. The van der Waals surface area contributed by atoms with Crippen molar-refractivity contribution in [2.24, 2.45) is 0 Å². The minimum atomic E-state index is -1.44. The molecule has 0 saturated carbocycles. The number of rotatable bonds is 4. The lowest BCUT2D eigenvalue weighted by Crippen LogP contribution is -2.06. The summed E-state index contributed by atoms with van der Waals surface area (Å²) in [5.74, 6) is 0.0998. The predicted octanol–water partition coefficient (Wildman–Crippen LogP) is 3.01. The standard InChI is InChI=1S/C17H15NO4S/c1-21-15-9-8-14(17(19)22-2)13-10-11-18(16(13)15)23(20)12-6-4-3-5-7-12/h3-11H,1-2H3. The molecule has 0 saturated heterocycles. The lowest BCUT2D eigenvalue weighted by atomic mass is 10.1. The van der Waals surface area contributed by atoms with Crippen LogP contribution in [-0.4, -0.2) is 28.4 Å². The second kappa shape index (κ2) is 6.26. The highest BCUT2D eigenvalue weighted by Crippen LogP contribution is 2.31. The molecule has 0 aliphatic carbocycles. The topological polar surface area (TPSA) is 57.5 Å². The third-order valence-electron chi connectivity index (χ3n) is 3.53. The number of methoxy groups -OCH3 is 2. The van der Waals surface area contributed by atoms with Gasteiger partial charge in [-0.25, -0.2) is 9.00 Å². The molecule has 0 aliphatic heterocycles. The number of aromatic nitrogens is 1. The largest absolute Gasteiger partial charge is 0.495 e. The molecule has 0 radical (unpaired) electrons. The molecule has 2 aromatic carbocycles. The Morgan fingerprint density at radius 1 is 1.04 bits per heavy atom. The van der Waals surface area contributed by atoms with E-state index in [0.717, 1.165) is 0 Å². The van der Waals surface area contributed by atoms with Crippen molar-refractivity contribution in [3.05, 3.63) is 60.3 Å². The molecular weight excluding hydrogens is 314 g/mol. The smallest absolute Gasteiger partial charge is 0.338 e. The van der Waals surface area contributed by atoms with Crippen LogP contribution in [-0.2, 0) is 15.7 Å². The monoisotopic (exact) mass is 329 g/mol. The van der Waals surface area contributed by atoms with Crippen molar-refractivity contribution in [2.75, 3.05) is 14.2 Å². The predicted molar refractivity (Wildman–Crippen MR) is 88.1 cm³/mol. The molecule has 0 amide bonds. The molecule has 0 spiro atoms. The molecule has 0 N–H and O–H groups in total. The highest BCUT2D eigenvalue weighted by molar-refractivity contribution is 7.83. The lowest BCUT2D eigenvalue weighted by molar-refractivity contribution is 0.0603. The lowest BCUT2D eigenvalue weighted by Gasteiger charge is -2.10. The van der Waals surface area contributed by atoms with Gasteiger partial charge in [-0.1, -0.05) is 18.2 Å². The van der Waals surface area contributed by atoms with Crippen LogP contribution in [0.1, 0.15) is 10.4 Å². The van der Waals surface area contributed by atoms with Crippen molar-refractivity contribution in [3.8, 4) is 5.75 Å². The summed E-state index contributed by atoms with van der Waals surface area (Å²) in [6.07, 6.45) is 1.68.